The molecule has 0 radical (unpaired) electrons. The van der Waals surface area contributed by atoms with Crippen LogP contribution in [0.3, 0.4) is 0 Å². The van der Waals surface area contributed by atoms with Crippen molar-refractivity contribution in [2.24, 2.45) is 0 Å². The fourth-order valence-corrected chi connectivity index (χ4v) is 2.05. The predicted octanol–water partition coefficient (Wildman–Crippen LogP) is 2.18. The summed E-state index contributed by atoms with van der Waals surface area (Å²) in [6.45, 7) is 3.06. The molecule has 0 fully saturated rings. The van der Waals surface area contributed by atoms with Gasteiger partial charge in [0.1, 0.15) is 5.82 Å². The van der Waals surface area contributed by atoms with E-state index < -0.39 is 0 Å². The molecule has 0 aliphatic heterocycles. The molecule has 1 aromatic carbocycles. The summed E-state index contributed by atoms with van der Waals surface area (Å²) in [6.07, 6.45) is 0. The minimum absolute atomic E-state index is 0.633. The Morgan fingerprint density at radius 3 is 2.52 bits per heavy atom. The van der Waals surface area contributed by atoms with E-state index >= 15 is 0 Å². The molecule has 0 aliphatic carbocycles. The number of nitrogens with one attached hydrogen (secondary N) is 2. The van der Waals surface area contributed by atoms with E-state index in [2.05, 4.69) is 25.5 Å². The molecular formula is C17H25N5O. The van der Waals surface area contributed by atoms with E-state index in [1.165, 1.54) is 0 Å². The van der Waals surface area contributed by atoms with Crippen LogP contribution in [0.25, 0.3) is 11.3 Å². The topological polar surface area (TPSA) is 62.3 Å². The molecule has 0 saturated carbocycles. The van der Waals surface area contributed by atoms with Crippen molar-refractivity contribution in [2.45, 2.75) is 0 Å². The lowest BCUT2D eigenvalue weighted by atomic mass is 10.1. The lowest BCUT2D eigenvalue weighted by Crippen LogP contribution is -2.21. The van der Waals surface area contributed by atoms with Gasteiger partial charge in [-0.3, -0.25) is 0 Å². The summed E-state index contributed by atoms with van der Waals surface area (Å²) in [5.74, 6) is 1.43. The van der Waals surface area contributed by atoms with E-state index in [0.29, 0.717) is 19.1 Å². The van der Waals surface area contributed by atoms with Crippen LogP contribution in [0.15, 0.2) is 36.4 Å². The largest absolute Gasteiger partial charge is 0.383 e. The zero-order valence-corrected chi connectivity index (χ0v) is 14.0. The molecule has 0 aliphatic rings. The van der Waals surface area contributed by atoms with E-state index in [1.54, 1.807) is 7.11 Å². The number of aromatic nitrogens is 2. The van der Waals surface area contributed by atoms with Crippen LogP contribution < -0.4 is 10.6 Å². The van der Waals surface area contributed by atoms with Crippen molar-refractivity contribution in [3.63, 3.8) is 0 Å². The number of methoxy groups -OCH3 is 1. The molecule has 0 spiro atoms. The predicted molar refractivity (Wildman–Crippen MR) is 94.9 cm³/mol. The zero-order chi connectivity index (χ0) is 16.5. The van der Waals surface area contributed by atoms with Gasteiger partial charge in [-0.15, -0.1) is 0 Å². The van der Waals surface area contributed by atoms with Gasteiger partial charge in [0.2, 0.25) is 5.95 Å². The summed E-state index contributed by atoms with van der Waals surface area (Å²) in [5.41, 5.74) is 1.97. The third-order valence-corrected chi connectivity index (χ3v) is 3.25. The summed E-state index contributed by atoms with van der Waals surface area (Å²) >= 11 is 0. The van der Waals surface area contributed by atoms with Gasteiger partial charge in [-0.05, 0) is 14.1 Å². The molecule has 2 rings (SSSR count). The summed E-state index contributed by atoms with van der Waals surface area (Å²) < 4.78 is 5.07. The zero-order valence-electron chi connectivity index (χ0n) is 14.0. The molecule has 2 aromatic rings. The van der Waals surface area contributed by atoms with Crippen molar-refractivity contribution in [2.75, 3.05) is 58.1 Å². The highest BCUT2D eigenvalue weighted by Gasteiger charge is 2.06. The van der Waals surface area contributed by atoms with Gasteiger partial charge in [-0.1, -0.05) is 30.3 Å². The van der Waals surface area contributed by atoms with Crippen molar-refractivity contribution in [3.05, 3.63) is 36.4 Å². The van der Waals surface area contributed by atoms with Crippen molar-refractivity contribution >= 4 is 11.8 Å². The maximum Gasteiger partial charge on any atom is 0.225 e. The molecular weight excluding hydrogens is 290 g/mol. The smallest absolute Gasteiger partial charge is 0.225 e. The van der Waals surface area contributed by atoms with Gasteiger partial charge in [0.25, 0.3) is 0 Å². The van der Waals surface area contributed by atoms with Gasteiger partial charge in [-0.2, -0.15) is 4.98 Å². The van der Waals surface area contributed by atoms with Crippen LogP contribution in [-0.4, -0.2) is 62.3 Å². The van der Waals surface area contributed by atoms with E-state index in [0.717, 1.165) is 30.2 Å². The minimum atomic E-state index is 0.633. The van der Waals surface area contributed by atoms with Crippen molar-refractivity contribution in [1.82, 2.24) is 14.9 Å². The lowest BCUT2D eigenvalue weighted by molar-refractivity contribution is 0.210. The van der Waals surface area contributed by atoms with Crippen molar-refractivity contribution in [1.29, 1.82) is 0 Å². The maximum absolute atomic E-state index is 5.07. The Balaban J connectivity index is 2.17. The standard InChI is InChI=1S/C17H25N5O/c1-22(2)11-9-19-17-20-15(14-7-5-4-6-8-14)13-16(21-17)18-10-12-23-3/h4-8,13H,9-12H2,1-3H3,(H2,18,19,20,21). The first-order valence-electron chi connectivity index (χ1n) is 7.75. The van der Waals surface area contributed by atoms with Crippen LogP contribution in [0, 0.1) is 0 Å². The summed E-state index contributed by atoms with van der Waals surface area (Å²) in [6, 6.07) is 12.1. The SMILES string of the molecule is COCCNc1cc(-c2ccccc2)nc(NCCN(C)C)n1. The Hall–Kier alpha value is -2.18. The summed E-state index contributed by atoms with van der Waals surface area (Å²) in [4.78, 5) is 11.3. The van der Waals surface area contributed by atoms with Gasteiger partial charge in [0, 0.05) is 38.4 Å². The average molecular weight is 315 g/mol. The molecule has 6 heteroatoms. The molecule has 23 heavy (non-hydrogen) atoms. The number of benzene rings is 1. The van der Waals surface area contributed by atoms with Crippen LogP contribution >= 0.6 is 0 Å². The minimum Gasteiger partial charge on any atom is -0.383 e. The lowest BCUT2D eigenvalue weighted by Gasteiger charge is -2.13. The Kier molecular flexibility index (Phi) is 6.77. The van der Waals surface area contributed by atoms with E-state index in [4.69, 9.17) is 4.74 Å². The molecule has 0 saturated heterocycles. The summed E-state index contributed by atoms with van der Waals surface area (Å²) in [5, 5.41) is 6.55. The fraction of sp³-hybridized carbons (Fsp3) is 0.412. The van der Waals surface area contributed by atoms with Gasteiger partial charge in [0.05, 0.1) is 12.3 Å². The van der Waals surface area contributed by atoms with Gasteiger partial charge in [0.15, 0.2) is 0 Å². The van der Waals surface area contributed by atoms with E-state index in [-0.39, 0.29) is 0 Å². The van der Waals surface area contributed by atoms with E-state index in [9.17, 15) is 0 Å². The maximum atomic E-state index is 5.07. The second-order valence-electron chi connectivity index (χ2n) is 5.48. The Bertz CT molecular complexity index is 589. The van der Waals surface area contributed by atoms with Crippen molar-refractivity contribution < 1.29 is 4.74 Å². The number of nitrogens with zero attached hydrogens (tertiary/aromatic N) is 3. The molecule has 2 N–H and O–H groups in total. The molecule has 1 aromatic heterocycles. The molecule has 1 heterocycles. The van der Waals surface area contributed by atoms with Crippen LogP contribution in [0.4, 0.5) is 11.8 Å². The van der Waals surface area contributed by atoms with Gasteiger partial charge >= 0.3 is 0 Å². The third-order valence-electron chi connectivity index (χ3n) is 3.25. The number of rotatable bonds is 9. The highest BCUT2D eigenvalue weighted by atomic mass is 16.5. The highest BCUT2D eigenvalue weighted by molar-refractivity contribution is 5.64. The second kappa shape index (κ2) is 9.07. The number of anilines is 2. The normalized spacial score (nSPS) is 10.8. The van der Waals surface area contributed by atoms with Crippen LogP contribution in [-0.2, 0) is 4.74 Å². The van der Waals surface area contributed by atoms with Gasteiger partial charge in [-0.25, -0.2) is 4.98 Å². The van der Waals surface area contributed by atoms with E-state index in [1.807, 2.05) is 50.5 Å². The second-order valence-corrected chi connectivity index (χ2v) is 5.48. The number of hydrogen-bond donors (Lipinski definition) is 2. The summed E-state index contributed by atoms with van der Waals surface area (Å²) in [7, 11) is 5.77. The Morgan fingerprint density at radius 2 is 1.83 bits per heavy atom. The first-order chi connectivity index (χ1) is 11.2. The molecule has 0 unspecified atom stereocenters. The molecule has 6 nitrogen and oxygen atoms in total. The average Bonchev–Trinajstić information content (AvgIpc) is 2.55. The first-order valence-corrected chi connectivity index (χ1v) is 7.75. The highest BCUT2D eigenvalue weighted by Crippen LogP contribution is 2.21. The molecule has 0 bridgehead atoms. The third kappa shape index (κ3) is 5.84. The number of ether oxygens (including phenoxy) is 1. The number of hydrogen-bond acceptors (Lipinski definition) is 6. The molecule has 124 valence electrons. The Morgan fingerprint density at radius 1 is 1.04 bits per heavy atom. The van der Waals surface area contributed by atoms with Crippen LogP contribution in [0.2, 0.25) is 0 Å². The van der Waals surface area contributed by atoms with Crippen LogP contribution in [0.1, 0.15) is 0 Å². The van der Waals surface area contributed by atoms with Crippen molar-refractivity contribution in [3.8, 4) is 11.3 Å². The van der Waals surface area contributed by atoms with Crippen LogP contribution in [0.5, 0.6) is 0 Å². The van der Waals surface area contributed by atoms with Gasteiger partial charge < -0.3 is 20.3 Å². The molecule has 0 amide bonds. The fourth-order valence-electron chi connectivity index (χ4n) is 2.05. The molecule has 0 atom stereocenters. The Labute approximate surface area is 137 Å². The first kappa shape index (κ1) is 17.2. The number of likely N-dealkylation sites (N-methyl/N-ethyl adjacent to an activating group) is 1. The quantitative estimate of drug-likeness (QED) is 0.692. The monoisotopic (exact) mass is 315 g/mol.